The Kier molecular flexibility index (Phi) is 7.41. The van der Waals surface area contributed by atoms with E-state index in [1.807, 2.05) is 18.2 Å². The van der Waals surface area contributed by atoms with Gasteiger partial charge in [0.2, 0.25) is 0 Å². The second-order valence-corrected chi connectivity index (χ2v) is 3.39. The molecule has 14 heavy (non-hydrogen) atoms. The van der Waals surface area contributed by atoms with Crippen LogP contribution in [0, 0.1) is 5.92 Å². The van der Waals surface area contributed by atoms with Gasteiger partial charge in [0.05, 0.1) is 11.8 Å². The van der Waals surface area contributed by atoms with Crippen LogP contribution in [0.15, 0.2) is 24.4 Å². The van der Waals surface area contributed by atoms with Gasteiger partial charge in [-0.3, -0.25) is 4.98 Å². The van der Waals surface area contributed by atoms with Gasteiger partial charge in [0, 0.05) is 6.20 Å². The number of nitrogens with two attached hydrogens (primary N) is 1. The third-order valence-electron chi connectivity index (χ3n) is 2.59. The fourth-order valence-electron chi connectivity index (χ4n) is 1.55. The van der Waals surface area contributed by atoms with Crippen molar-refractivity contribution in [2.75, 3.05) is 0 Å². The maximum atomic E-state index is 9.78. The molecule has 1 saturated carbocycles. The third kappa shape index (κ3) is 3.38. The van der Waals surface area contributed by atoms with E-state index in [0.717, 1.165) is 18.5 Å². The maximum Gasteiger partial charge on any atom is 1.00 e. The first kappa shape index (κ1) is 14.7. The number of pyridine rings is 1. The fourth-order valence-corrected chi connectivity index (χ4v) is 1.55. The Labute approximate surface area is 127 Å². The van der Waals surface area contributed by atoms with E-state index < -0.39 is 0 Å². The number of rotatable bonds is 2. The predicted molar refractivity (Wildman–Crippen MR) is 51.8 cm³/mol. The molecule has 0 bridgehead atoms. The summed E-state index contributed by atoms with van der Waals surface area (Å²) in [7, 11) is 0. The minimum atomic E-state index is -0.333. The SMILES string of the molecule is OC(c1ccccn1)C1CCC1.[K+].[NH2-]. The van der Waals surface area contributed by atoms with Gasteiger partial charge in [-0.1, -0.05) is 12.5 Å². The number of aliphatic hydroxyl groups is 1. The van der Waals surface area contributed by atoms with Crippen LogP contribution in [0.3, 0.4) is 0 Å². The summed E-state index contributed by atoms with van der Waals surface area (Å²) in [5.41, 5.74) is 0.821. The molecule has 0 aromatic carbocycles. The van der Waals surface area contributed by atoms with Crippen LogP contribution in [0.25, 0.3) is 6.15 Å². The van der Waals surface area contributed by atoms with E-state index >= 15 is 0 Å². The normalized spacial score (nSPS) is 17.2. The molecule has 0 aliphatic heterocycles. The molecular weight excluding hydrogens is 203 g/mol. The molecule has 3 nitrogen and oxygen atoms in total. The van der Waals surface area contributed by atoms with Gasteiger partial charge in [-0.15, -0.1) is 0 Å². The van der Waals surface area contributed by atoms with E-state index in [0.29, 0.717) is 5.92 Å². The molecule has 0 spiro atoms. The van der Waals surface area contributed by atoms with Crippen LogP contribution >= 0.6 is 0 Å². The molecule has 1 fully saturated rings. The average molecular weight is 218 g/mol. The molecule has 1 unspecified atom stereocenters. The first-order valence-electron chi connectivity index (χ1n) is 4.47. The Morgan fingerprint density at radius 2 is 2.07 bits per heavy atom. The molecule has 0 amide bonds. The summed E-state index contributed by atoms with van der Waals surface area (Å²) in [5, 5.41) is 9.78. The van der Waals surface area contributed by atoms with Crippen molar-refractivity contribution in [3.05, 3.63) is 36.2 Å². The molecular formula is C10H15KN2O. The summed E-state index contributed by atoms with van der Waals surface area (Å²) in [6, 6.07) is 5.68. The van der Waals surface area contributed by atoms with Crippen molar-refractivity contribution in [2.24, 2.45) is 5.92 Å². The average Bonchev–Trinajstić information content (AvgIpc) is 2.03. The van der Waals surface area contributed by atoms with Crippen LogP contribution in [0.5, 0.6) is 0 Å². The monoisotopic (exact) mass is 218 g/mol. The summed E-state index contributed by atoms with van der Waals surface area (Å²) >= 11 is 0. The number of aliphatic hydroxyl groups excluding tert-OH is 1. The van der Waals surface area contributed by atoms with Gasteiger partial charge in [0.25, 0.3) is 0 Å². The van der Waals surface area contributed by atoms with Gasteiger partial charge in [-0.2, -0.15) is 0 Å². The number of hydrogen-bond acceptors (Lipinski definition) is 2. The third-order valence-corrected chi connectivity index (χ3v) is 2.59. The predicted octanol–water partition coefficient (Wildman–Crippen LogP) is -0.364. The van der Waals surface area contributed by atoms with Crippen LogP contribution in [-0.2, 0) is 0 Å². The largest absolute Gasteiger partial charge is 1.00 e. The molecule has 72 valence electrons. The quantitative estimate of drug-likeness (QED) is 0.689. The summed E-state index contributed by atoms with van der Waals surface area (Å²) in [4.78, 5) is 4.13. The summed E-state index contributed by atoms with van der Waals surface area (Å²) in [5.74, 6) is 0.458. The molecule has 3 N–H and O–H groups in total. The molecule has 1 aromatic heterocycles. The van der Waals surface area contributed by atoms with E-state index in [1.165, 1.54) is 6.42 Å². The standard InChI is InChI=1S/C10H13NO.K.H2N/c12-10(8-4-3-5-8)9-6-1-2-7-11-9;;/h1-2,6-8,10,12H,3-5H2;;1H2/q;+1;-1. The molecule has 2 rings (SSSR count). The van der Waals surface area contributed by atoms with Gasteiger partial charge in [-0.05, 0) is 30.9 Å². The number of nitrogens with zero attached hydrogens (tertiary/aromatic N) is 1. The van der Waals surface area contributed by atoms with E-state index in [2.05, 4.69) is 4.98 Å². The van der Waals surface area contributed by atoms with Crippen LogP contribution in [0.4, 0.5) is 0 Å². The van der Waals surface area contributed by atoms with Crippen molar-refractivity contribution >= 4 is 0 Å². The van der Waals surface area contributed by atoms with Crippen LogP contribution in [0.1, 0.15) is 31.1 Å². The molecule has 0 radical (unpaired) electrons. The fraction of sp³-hybridized carbons (Fsp3) is 0.500. The molecule has 1 aliphatic carbocycles. The molecule has 0 saturated heterocycles. The van der Waals surface area contributed by atoms with Gasteiger partial charge in [-0.25, -0.2) is 0 Å². The van der Waals surface area contributed by atoms with Gasteiger partial charge in [0.1, 0.15) is 0 Å². The topological polar surface area (TPSA) is 66.6 Å². The Hall–Kier alpha value is 0.706. The van der Waals surface area contributed by atoms with Crippen molar-refractivity contribution < 1.29 is 56.5 Å². The maximum absolute atomic E-state index is 9.78. The molecule has 1 heterocycles. The first-order chi connectivity index (χ1) is 5.88. The van der Waals surface area contributed by atoms with Crippen molar-refractivity contribution in [1.82, 2.24) is 4.98 Å². The molecule has 1 aliphatic rings. The first-order valence-corrected chi connectivity index (χ1v) is 4.47. The Bertz CT molecular complexity index is 252. The second kappa shape index (κ2) is 7.06. The minimum absolute atomic E-state index is 0. The Morgan fingerprint density at radius 1 is 1.36 bits per heavy atom. The smallest absolute Gasteiger partial charge is 0.693 e. The molecule has 1 atom stereocenters. The summed E-state index contributed by atoms with van der Waals surface area (Å²) in [6.45, 7) is 0. The van der Waals surface area contributed by atoms with Crippen molar-refractivity contribution in [3.8, 4) is 0 Å². The summed E-state index contributed by atoms with van der Waals surface area (Å²) < 4.78 is 0. The minimum Gasteiger partial charge on any atom is -0.693 e. The van der Waals surface area contributed by atoms with Crippen LogP contribution in [-0.4, -0.2) is 10.1 Å². The zero-order valence-corrected chi connectivity index (χ0v) is 11.7. The molecule has 4 heteroatoms. The Morgan fingerprint density at radius 3 is 2.50 bits per heavy atom. The van der Waals surface area contributed by atoms with Crippen molar-refractivity contribution in [3.63, 3.8) is 0 Å². The second-order valence-electron chi connectivity index (χ2n) is 3.39. The van der Waals surface area contributed by atoms with Gasteiger partial charge in [0.15, 0.2) is 0 Å². The van der Waals surface area contributed by atoms with E-state index in [1.54, 1.807) is 6.20 Å². The number of hydrogen-bond donors (Lipinski definition) is 1. The number of aromatic nitrogens is 1. The zero-order valence-electron chi connectivity index (χ0n) is 8.56. The van der Waals surface area contributed by atoms with Crippen molar-refractivity contribution in [1.29, 1.82) is 0 Å². The van der Waals surface area contributed by atoms with Crippen LogP contribution < -0.4 is 51.4 Å². The van der Waals surface area contributed by atoms with Gasteiger partial charge < -0.3 is 11.3 Å². The van der Waals surface area contributed by atoms with E-state index in [4.69, 9.17) is 0 Å². The van der Waals surface area contributed by atoms with Crippen molar-refractivity contribution in [2.45, 2.75) is 25.4 Å². The van der Waals surface area contributed by atoms with E-state index in [9.17, 15) is 5.11 Å². The molecule has 1 aromatic rings. The van der Waals surface area contributed by atoms with Crippen LogP contribution in [0.2, 0.25) is 0 Å². The Balaban J connectivity index is 0.000000845. The zero-order chi connectivity index (χ0) is 8.39. The summed E-state index contributed by atoms with van der Waals surface area (Å²) in [6.07, 6.45) is 4.96. The van der Waals surface area contributed by atoms with E-state index in [-0.39, 0.29) is 63.6 Å². The van der Waals surface area contributed by atoms with Gasteiger partial charge >= 0.3 is 51.4 Å².